The summed E-state index contributed by atoms with van der Waals surface area (Å²) in [6.07, 6.45) is 7.12. The van der Waals surface area contributed by atoms with Crippen molar-refractivity contribution in [2.24, 2.45) is 5.92 Å². The van der Waals surface area contributed by atoms with Crippen molar-refractivity contribution in [3.8, 4) is 0 Å². The number of nitrogens with zero attached hydrogens (tertiary/aromatic N) is 2. The molecule has 0 saturated carbocycles. The fourth-order valence-corrected chi connectivity index (χ4v) is 3.60. The van der Waals surface area contributed by atoms with Gasteiger partial charge in [0.15, 0.2) is 0 Å². The molecule has 0 atom stereocenters. The molecule has 0 aliphatic carbocycles. The van der Waals surface area contributed by atoms with E-state index in [9.17, 15) is 4.79 Å². The summed E-state index contributed by atoms with van der Waals surface area (Å²) in [5.74, 6) is 0.895. The Kier molecular flexibility index (Phi) is 7.20. The van der Waals surface area contributed by atoms with Crippen molar-refractivity contribution in [3.63, 3.8) is 0 Å². The van der Waals surface area contributed by atoms with E-state index in [1.54, 1.807) is 6.20 Å². The van der Waals surface area contributed by atoms with Crippen LogP contribution in [0.2, 0.25) is 0 Å². The third kappa shape index (κ3) is 6.26. The van der Waals surface area contributed by atoms with Crippen LogP contribution in [0.1, 0.15) is 30.5 Å². The Labute approximate surface area is 156 Å². The molecule has 1 aliphatic heterocycles. The third-order valence-corrected chi connectivity index (χ3v) is 5.21. The molecule has 1 amide bonds. The molecule has 0 bridgehead atoms. The fourth-order valence-electron chi connectivity index (χ4n) is 3.60. The molecule has 2 heterocycles. The molecule has 138 valence electrons. The lowest BCUT2D eigenvalue weighted by molar-refractivity contribution is -0.120. The minimum Gasteiger partial charge on any atom is -0.354 e. The summed E-state index contributed by atoms with van der Waals surface area (Å²) in [6.45, 7) is 3.96. The van der Waals surface area contributed by atoms with Crippen LogP contribution >= 0.6 is 0 Å². The summed E-state index contributed by atoms with van der Waals surface area (Å²) in [7, 11) is 0. The number of aryl methyl sites for hydroxylation is 1. The van der Waals surface area contributed by atoms with Crippen LogP contribution in [0.4, 0.5) is 0 Å². The van der Waals surface area contributed by atoms with Crippen molar-refractivity contribution in [2.75, 3.05) is 26.2 Å². The number of benzene rings is 1. The summed E-state index contributed by atoms with van der Waals surface area (Å²) < 4.78 is 0. The highest BCUT2D eigenvalue weighted by atomic mass is 16.1. The quantitative estimate of drug-likeness (QED) is 0.795. The Morgan fingerprint density at radius 1 is 1.08 bits per heavy atom. The monoisotopic (exact) mass is 351 g/mol. The van der Waals surface area contributed by atoms with Gasteiger partial charge in [0.05, 0.1) is 6.42 Å². The molecule has 0 spiro atoms. The average Bonchev–Trinajstić information content (AvgIpc) is 2.69. The first-order chi connectivity index (χ1) is 12.8. The van der Waals surface area contributed by atoms with E-state index in [1.165, 1.54) is 31.2 Å². The number of likely N-dealkylation sites (tertiary alicyclic amines) is 1. The molecule has 1 aliphatic rings. The topological polar surface area (TPSA) is 45.2 Å². The summed E-state index contributed by atoms with van der Waals surface area (Å²) in [6, 6.07) is 16.4. The lowest BCUT2D eigenvalue weighted by atomic mass is 9.90. The first-order valence-corrected chi connectivity index (χ1v) is 9.72. The van der Waals surface area contributed by atoms with E-state index in [2.05, 4.69) is 45.5 Å². The number of carbonyl (C=O) groups excluding carboxylic acids is 1. The van der Waals surface area contributed by atoms with Gasteiger partial charge in [-0.25, -0.2) is 0 Å². The predicted molar refractivity (Wildman–Crippen MR) is 105 cm³/mol. The average molecular weight is 351 g/mol. The second-order valence-electron chi connectivity index (χ2n) is 7.16. The van der Waals surface area contributed by atoms with Gasteiger partial charge in [-0.2, -0.15) is 0 Å². The zero-order chi connectivity index (χ0) is 18.0. The normalized spacial score (nSPS) is 15.7. The van der Waals surface area contributed by atoms with E-state index >= 15 is 0 Å². The van der Waals surface area contributed by atoms with Crippen molar-refractivity contribution in [2.45, 2.75) is 32.1 Å². The highest BCUT2D eigenvalue weighted by molar-refractivity contribution is 5.78. The van der Waals surface area contributed by atoms with Gasteiger partial charge in [0.25, 0.3) is 0 Å². The Hall–Kier alpha value is -2.20. The molecule has 1 aromatic heterocycles. The van der Waals surface area contributed by atoms with Gasteiger partial charge in [-0.1, -0.05) is 36.4 Å². The molecule has 1 aromatic carbocycles. The zero-order valence-corrected chi connectivity index (χ0v) is 15.4. The maximum atomic E-state index is 12.0. The van der Waals surface area contributed by atoms with Crippen LogP contribution in [0.15, 0.2) is 54.7 Å². The van der Waals surface area contributed by atoms with Crippen LogP contribution in [-0.2, 0) is 17.6 Å². The van der Waals surface area contributed by atoms with Gasteiger partial charge in [-0.05, 0) is 62.4 Å². The minimum absolute atomic E-state index is 0.0569. The molecule has 1 saturated heterocycles. The number of hydrogen-bond acceptors (Lipinski definition) is 3. The van der Waals surface area contributed by atoms with Crippen molar-refractivity contribution in [1.82, 2.24) is 15.2 Å². The molecule has 26 heavy (non-hydrogen) atoms. The molecule has 1 N–H and O–H groups in total. The number of carbonyl (C=O) groups is 1. The largest absolute Gasteiger partial charge is 0.354 e. The van der Waals surface area contributed by atoms with Gasteiger partial charge in [0, 0.05) is 25.0 Å². The maximum Gasteiger partial charge on any atom is 0.226 e. The van der Waals surface area contributed by atoms with Crippen molar-refractivity contribution < 1.29 is 4.79 Å². The van der Waals surface area contributed by atoms with Gasteiger partial charge in [0.2, 0.25) is 5.91 Å². The number of piperidine rings is 1. The SMILES string of the molecule is O=C(Cc1ccccn1)NCCN1CCC(CCc2ccccc2)CC1. The minimum atomic E-state index is 0.0569. The Bertz CT molecular complexity index is 652. The van der Waals surface area contributed by atoms with Gasteiger partial charge in [-0.15, -0.1) is 0 Å². The number of hydrogen-bond donors (Lipinski definition) is 1. The molecular weight excluding hydrogens is 322 g/mol. The van der Waals surface area contributed by atoms with Crippen LogP contribution in [0.5, 0.6) is 0 Å². The Morgan fingerprint density at radius 3 is 2.58 bits per heavy atom. The molecule has 0 radical (unpaired) electrons. The van der Waals surface area contributed by atoms with Crippen LogP contribution in [0, 0.1) is 5.92 Å². The summed E-state index contributed by atoms with van der Waals surface area (Å²) in [4.78, 5) is 18.6. The molecule has 4 nitrogen and oxygen atoms in total. The van der Waals surface area contributed by atoms with Crippen LogP contribution in [0.25, 0.3) is 0 Å². The highest BCUT2D eigenvalue weighted by Crippen LogP contribution is 2.22. The maximum absolute atomic E-state index is 12.0. The first-order valence-electron chi connectivity index (χ1n) is 9.72. The Balaban J connectivity index is 1.27. The summed E-state index contributed by atoms with van der Waals surface area (Å²) >= 11 is 0. The highest BCUT2D eigenvalue weighted by Gasteiger charge is 2.18. The summed E-state index contributed by atoms with van der Waals surface area (Å²) in [5, 5.41) is 3.02. The molecule has 2 aromatic rings. The van der Waals surface area contributed by atoms with Gasteiger partial charge < -0.3 is 10.2 Å². The first kappa shape index (κ1) is 18.6. The molecular formula is C22H29N3O. The third-order valence-electron chi connectivity index (χ3n) is 5.21. The Morgan fingerprint density at radius 2 is 1.85 bits per heavy atom. The van der Waals surface area contributed by atoms with Crippen LogP contribution < -0.4 is 5.32 Å². The number of amides is 1. The van der Waals surface area contributed by atoms with E-state index in [-0.39, 0.29) is 5.91 Å². The zero-order valence-electron chi connectivity index (χ0n) is 15.4. The lowest BCUT2D eigenvalue weighted by Gasteiger charge is -2.32. The van der Waals surface area contributed by atoms with Crippen molar-refractivity contribution in [3.05, 3.63) is 66.0 Å². The van der Waals surface area contributed by atoms with Gasteiger partial charge >= 0.3 is 0 Å². The second kappa shape index (κ2) is 10.1. The fraction of sp³-hybridized carbons (Fsp3) is 0.455. The molecule has 1 fully saturated rings. The number of pyridine rings is 1. The van der Waals surface area contributed by atoms with Gasteiger partial charge in [0.1, 0.15) is 0 Å². The van der Waals surface area contributed by atoms with E-state index < -0.39 is 0 Å². The van der Waals surface area contributed by atoms with Crippen LogP contribution in [0.3, 0.4) is 0 Å². The number of nitrogens with one attached hydrogen (secondary N) is 1. The smallest absolute Gasteiger partial charge is 0.226 e. The van der Waals surface area contributed by atoms with Crippen LogP contribution in [-0.4, -0.2) is 42.0 Å². The van der Waals surface area contributed by atoms with Gasteiger partial charge in [-0.3, -0.25) is 9.78 Å². The number of aromatic nitrogens is 1. The predicted octanol–water partition coefficient (Wildman–Crippen LogP) is 3.09. The number of rotatable bonds is 8. The lowest BCUT2D eigenvalue weighted by Crippen LogP contribution is -2.40. The van der Waals surface area contributed by atoms with E-state index in [0.717, 1.165) is 37.8 Å². The van der Waals surface area contributed by atoms with E-state index in [0.29, 0.717) is 6.42 Å². The molecule has 3 rings (SSSR count). The van der Waals surface area contributed by atoms with E-state index in [1.807, 2.05) is 18.2 Å². The molecule has 0 unspecified atom stereocenters. The standard InChI is InChI=1S/C22H29N3O/c26-22(18-21-8-4-5-13-23-21)24-14-17-25-15-11-20(12-16-25)10-9-19-6-2-1-3-7-19/h1-8,13,20H,9-12,14-18H2,(H,24,26). The second-order valence-corrected chi connectivity index (χ2v) is 7.16. The summed E-state index contributed by atoms with van der Waals surface area (Å²) in [5.41, 5.74) is 2.27. The van der Waals surface area contributed by atoms with Crippen molar-refractivity contribution >= 4 is 5.91 Å². The molecule has 4 heteroatoms. The van der Waals surface area contributed by atoms with E-state index in [4.69, 9.17) is 0 Å². The van der Waals surface area contributed by atoms with Crippen molar-refractivity contribution in [1.29, 1.82) is 0 Å².